The van der Waals surface area contributed by atoms with Gasteiger partial charge in [0.2, 0.25) is 0 Å². The molecule has 1 aromatic carbocycles. The summed E-state index contributed by atoms with van der Waals surface area (Å²) in [6.45, 7) is 2.01. The van der Waals surface area contributed by atoms with E-state index in [1.54, 1.807) is 31.2 Å². The van der Waals surface area contributed by atoms with E-state index in [1.165, 1.54) is 6.07 Å². The minimum Gasteiger partial charge on any atom is -0.508 e. The average molecular weight is 246 g/mol. The first-order chi connectivity index (χ1) is 8.60. The molecule has 0 fully saturated rings. The van der Waals surface area contributed by atoms with Crippen molar-refractivity contribution in [3.63, 3.8) is 0 Å². The summed E-state index contributed by atoms with van der Waals surface area (Å²) >= 11 is 0. The molecule has 0 bridgehead atoms. The molecule has 1 amide bonds. The van der Waals surface area contributed by atoms with Crippen molar-refractivity contribution < 1.29 is 14.3 Å². The highest BCUT2D eigenvalue weighted by Crippen LogP contribution is 2.20. The van der Waals surface area contributed by atoms with E-state index in [0.29, 0.717) is 17.0 Å². The molecule has 4 N–H and O–H groups in total. The highest BCUT2D eigenvalue weighted by molar-refractivity contribution is 6.02. The number of benzene rings is 1. The van der Waals surface area contributed by atoms with Crippen molar-refractivity contribution in [1.29, 1.82) is 0 Å². The van der Waals surface area contributed by atoms with Gasteiger partial charge in [0.15, 0.2) is 5.76 Å². The van der Waals surface area contributed by atoms with E-state index in [2.05, 4.69) is 5.32 Å². The summed E-state index contributed by atoms with van der Waals surface area (Å²) in [5, 5.41) is 12.1. The number of rotatable bonds is 3. The lowest BCUT2D eigenvalue weighted by molar-refractivity contribution is 0.0995. The zero-order valence-corrected chi connectivity index (χ0v) is 9.93. The maximum absolute atomic E-state index is 11.8. The molecule has 1 heterocycles. The van der Waals surface area contributed by atoms with Gasteiger partial charge in [0.25, 0.3) is 5.91 Å². The van der Waals surface area contributed by atoms with Crippen molar-refractivity contribution in [1.82, 2.24) is 0 Å². The summed E-state index contributed by atoms with van der Waals surface area (Å²) in [5.74, 6) is 0.611. The van der Waals surface area contributed by atoms with Gasteiger partial charge in [-0.05, 0) is 42.8 Å². The Labute approximate surface area is 104 Å². The Kier molecular flexibility index (Phi) is 3.34. The molecular weight excluding hydrogens is 232 g/mol. The van der Waals surface area contributed by atoms with Crippen LogP contribution >= 0.6 is 0 Å². The lowest BCUT2D eigenvalue weighted by atomic mass is 10.2. The van der Waals surface area contributed by atoms with E-state index in [4.69, 9.17) is 10.2 Å². The summed E-state index contributed by atoms with van der Waals surface area (Å²) in [6, 6.07) is 8.06. The maximum Gasteiger partial charge on any atom is 0.291 e. The average Bonchev–Trinajstić information content (AvgIpc) is 2.82. The van der Waals surface area contributed by atoms with Gasteiger partial charge in [-0.3, -0.25) is 4.79 Å². The highest BCUT2D eigenvalue weighted by atomic mass is 16.4. The molecule has 5 nitrogen and oxygen atoms in total. The first kappa shape index (κ1) is 12.2. The summed E-state index contributed by atoms with van der Waals surface area (Å²) < 4.78 is 5.23. The summed E-state index contributed by atoms with van der Waals surface area (Å²) in [7, 11) is 0. The molecule has 0 radical (unpaired) electrons. The molecule has 0 spiro atoms. The number of carbonyl (C=O) groups excluding carboxylic acids is 1. The number of nitrogens with one attached hydrogen (secondary N) is 1. The lowest BCUT2D eigenvalue weighted by Gasteiger charge is -2.05. The van der Waals surface area contributed by atoms with Crippen LogP contribution in [-0.2, 0) is 6.54 Å². The van der Waals surface area contributed by atoms with E-state index in [0.717, 1.165) is 0 Å². The van der Waals surface area contributed by atoms with Crippen LogP contribution in [0.3, 0.4) is 0 Å². The molecule has 0 unspecified atom stereocenters. The van der Waals surface area contributed by atoms with E-state index >= 15 is 0 Å². The Morgan fingerprint density at radius 1 is 1.39 bits per heavy atom. The number of carbonyl (C=O) groups is 1. The summed E-state index contributed by atoms with van der Waals surface area (Å²) in [5.41, 5.74) is 6.69. The molecule has 2 aromatic rings. The second-order valence-corrected chi connectivity index (χ2v) is 3.93. The minimum absolute atomic E-state index is 0.191. The van der Waals surface area contributed by atoms with Crippen LogP contribution in [-0.4, -0.2) is 11.0 Å². The van der Waals surface area contributed by atoms with Crippen LogP contribution in [0.4, 0.5) is 5.69 Å². The first-order valence-electron chi connectivity index (χ1n) is 5.50. The van der Waals surface area contributed by atoms with E-state index < -0.39 is 0 Å². The summed E-state index contributed by atoms with van der Waals surface area (Å²) in [4.78, 5) is 11.8. The number of phenols is 1. The Morgan fingerprint density at radius 3 is 2.78 bits per heavy atom. The van der Waals surface area contributed by atoms with Gasteiger partial charge in [0.1, 0.15) is 11.5 Å². The van der Waals surface area contributed by atoms with Gasteiger partial charge in [-0.1, -0.05) is 0 Å². The fraction of sp³-hybridized carbons (Fsp3) is 0.154. The monoisotopic (exact) mass is 246 g/mol. The molecule has 0 saturated carbocycles. The molecule has 0 aliphatic heterocycles. The maximum atomic E-state index is 11.8. The van der Waals surface area contributed by atoms with Crippen LogP contribution in [0.15, 0.2) is 34.7 Å². The van der Waals surface area contributed by atoms with E-state index in [1.807, 2.05) is 0 Å². The predicted molar refractivity (Wildman–Crippen MR) is 67.4 cm³/mol. The molecular formula is C13H14N2O3. The number of aromatic hydroxyl groups is 1. The third-order valence-corrected chi connectivity index (χ3v) is 2.54. The van der Waals surface area contributed by atoms with Crippen molar-refractivity contribution in [2.45, 2.75) is 13.5 Å². The molecule has 0 saturated heterocycles. The smallest absolute Gasteiger partial charge is 0.291 e. The van der Waals surface area contributed by atoms with Crippen molar-refractivity contribution in [2.75, 3.05) is 5.32 Å². The fourth-order valence-electron chi connectivity index (χ4n) is 1.54. The minimum atomic E-state index is -0.347. The summed E-state index contributed by atoms with van der Waals surface area (Å²) in [6.07, 6.45) is 0. The first-order valence-corrected chi connectivity index (χ1v) is 5.50. The van der Waals surface area contributed by atoms with E-state index in [-0.39, 0.29) is 24.0 Å². The number of hydrogen-bond acceptors (Lipinski definition) is 4. The predicted octanol–water partition coefficient (Wildman–Crippen LogP) is 2.00. The second kappa shape index (κ2) is 4.93. The van der Waals surface area contributed by atoms with Crippen LogP contribution in [0.1, 0.15) is 21.9 Å². The van der Waals surface area contributed by atoms with Gasteiger partial charge in [-0.25, -0.2) is 0 Å². The number of nitrogens with two attached hydrogens (primary N) is 1. The van der Waals surface area contributed by atoms with Gasteiger partial charge < -0.3 is 20.6 Å². The topological polar surface area (TPSA) is 88.5 Å². The number of aryl methyl sites for hydroxylation is 1. The molecule has 0 aliphatic rings. The van der Waals surface area contributed by atoms with Crippen LogP contribution in [0.2, 0.25) is 0 Å². The van der Waals surface area contributed by atoms with Crippen LogP contribution in [0, 0.1) is 6.92 Å². The number of phenolic OH excluding ortho intramolecular Hbond substituents is 1. The SMILES string of the molecule is Cc1cc(NC(=O)c2ccc(CN)o2)ccc1O. The third kappa shape index (κ3) is 2.52. The number of furan rings is 1. The van der Waals surface area contributed by atoms with Gasteiger partial charge in [-0.2, -0.15) is 0 Å². The Hall–Kier alpha value is -2.27. The van der Waals surface area contributed by atoms with Crippen LogP contribution < -0.4 is 11.1 Å². The Bertz CT molecular complexity index is 575. The second-order valence-electron chi connectivity index (χ2n) is 3.93. The molecule has 94 valence electrons. The number of anilines is 1. The molecule has 0 atom stereocenters. The quantitative estimate of drug-likeness (QED) is 0.723. The Balaban J connectivity index is 2.13. The van der Waals surface area contributed by atoms with Gasteiger partial charge in [0, 0.05) is 5.69 Å². The molecule has 0 aliphatic carbocycles. The molecule has 1 aromatic heterocycles. The lowest BCUT2D eigenvalue weighted by Crippen LogP contribution is -2.10. The van der Waals surface area contributed by atoms with Gasteiger partial charge in [0.05, 0.1) is 6.54 Å². The van der Waals surface area contributed by atoms with Crippen molar-refractivity contribution in [3.8, 4) is 5.75 Å². The Morgan fingerprint density at radius 2 is 2.17 bits per heavy atom. The normalized spacial score (nSPS) is 10.3. The third-order valence-electron chi connectivity index (χ3n) is 2.54. The molecule has 18 heavy (non-hydrogen) atoms. The highest BCUT2D eigenvalue weighted by Gasteiger charge is 2.11. The molecule has 5 heteroatoms. The largest absolute Gasteiger partial charge is 0.508 e. The van der Waals surface area contributed by atoms with Crippen LogP contribution in [0.5, 0.6) is 5.75 Å². The van der Waals surface area contributed by atoms with Crippen molar-refractivity contribution >= 4 is 11.6 Å². The number of amides is 1. The molecule has 2 rings (SSSR count). The number of hydrogen-bond donors (Lipinski definition) is 3. The van der Waals surface area contributed by atoms with Crippen LogP contribution in [0.25, 0.3) is 0 Å². The van der Waals surface area contributed by atoms with Gasteiger partial charge >= 0.3 is 0 Å². The van der Waals surface area contributed by atoms with Crippen molar-refractivity contribution in [2.24, 2.45) is 5.73 Å². The van der Waals surface area contributed by atoms with Crippen molar-refractivity contribution in [3.05, 3.63) is 47.4 Å². The zero-order valence-electron chi connectivity index (χ0n) is 9.93. The zero-order chi connectivity index (χ0) is 13.1. The standard InChI is InChI=1S/C13H14N2O3/c1-8-6-9(2-4-11(8)16)15-13(17)12-5-3-10(7-14)18-12/h2-6,16H,7,14H2,1H3,(H,15,17). The van der Waals surface area contributed by atoms with Gasteiger partial charge in [-0.15, -0.1) is 0 Å². The fourth-order valence-corrected chi connectivity index (χ4v) is 1.54. The van der Waals surface area contributed by atoms with E-state index in [9.17, 15) is 9.90 Å².